The fourth-order valence-electron chi connectivity index (χ4n) is 2.67. The van der Waals surface area contributed by atoms with Crippen molar-refractivity contribution in [3.63, 3.8) is 0 Å². The zero-order valence-electron chi connectivity index (χ0n) is 11.4. The van der Waals surface area contributed by atoms with Crippen LogP contribution in [-0.2, 0) is 6.42 Å². The van der Waals surface area contributed by atoms with E-state index in [0.717, 1.165) is 11.3 Å². The van der Waals surface area contributed by atoms with Crippen LogP contribution in [0.2, 0.25) is 0 Å². The molecule has 2 aromatic rings. The lowest BCUT2D eigenvalue weighted by molar-refractivity contribution is -0.384. The topological polar surface area (TPSA) is 76.3 Å². The van der Waals surface area contributed by atoms with E-state index in [2.05, 4.69) is 4.98 Å². The van der Waals surface area contributed by atoms with Crippen LogP contribution in [0.15, 0.2) is 42.7 Å². The molecule has 0 saturated carbocycles. The Kier molecular flexibility index (Phi) is 3.13. The van der Waals surface area contributed by atoms with Crippen molar-refractivity contribution in [3.05, 3.63) is 64.0 Å². The van der Waals surface area contributed by atoms with Crippen LogP contribution in [0.3, 0.4) is 0 Å². The molecule has 1 atom stereocenters. The molecule has 1 aliphatic heterocycles. The number of benzene rings is 1. The number of carbonyl (C=O) groups is 1. The number of hydrogen-bond acceptors (Lipinski definition) is 4. The summed E-state index contributed by atoms with van der Waals surface area (Å²) in [5.41, 5.74) is 2.19. The first-order chi connectivity index (χ1) is 10.1. The summed E-state index contributed by atoms with van der Waals surface area (Å²) in [7, 11) is 0. The Morgan fingerprint density at radius 3 is 2.71 bits per heavy atom. The van der Waals surface area contributed by atoms with Gasteiger partial charge in [0.15, 0.2) is 0 Å². The smallest absolute Gasteiger partial charge is 0.269 e. The average molecular weight is 283 g/mol. The zero-order chi connectivity index (χ0) is 15.0. The third kappa shape index (κ3) is 2.24. The van der Waals surface area contributed by atoms with Crippen molar-refractivity contribution in [3.8, 4) is 0 Å². The lowest BCUT2D eigenvalue weighted by Gasteiger charge is -2.22. The molecule has 0 radical (unpaired) electrons. The van der Waals surface area contributed by atoms with Crippen LogP contribution < -0.4 is 4.90 Å². The largest absolute Gasteiger partial charge is 0.305 e. The second kappa shape index (κ2) is 4.97. The van der Waals surface area contributed by atoms with Crippen LogP contribution in [0.1, 0.15) is 22.8 Å². The highest BCUT2D eigenvalue weighted by atomic mass is 16.6. The van der Waals surface area contributed by atoms with E-state index < -0.39 is 4.92 Å². The first-order valence-electron chi connectivity index (χ1n) is 6.59. The zero-order valence-corrected chi connectivity index (χ0v) is 11.4. The van der Waals surface area contributed by atoms with E-state index in [1.54, 1.807) is 41.6 Å². The molecule has 0 fully saturated rings. The van der Waals surface area contributed by atoms with Crippen molar-refractivity contribution in [1.82, 2.24) is 4.98 Å². The number of nitrogens with zero attached hydrogens (tertiary/aromatic N) is 3. The number of anilines is 1. The molecule has 1 amide bonds. The van der Waals surface area contributed by atoms with E-state index in [9.17, 15) is 14.9 Å². The molecule has 0 bridgehead atoms. The van der Waals surface area contributed by atoms with Crippen LogP contribution in [0.25, 0.3) is 0 Å². The Bertz CT molecular complexity index is 715. The van der Waals surface area contributed by atoms with Crippen LogP contribution in [0.5, 0.6) is 0 Å². The summed E-state index contributed by atoms with van der Waals surface area (Å²) in [6.07, 6.45) is 3.77. The first kappa shape index (κ1) is 13.2. The molecule has 1 aromatic carbocycles. The van der Waals surface area contributed by atoms with Crippen molar-refractivity contribution in [1.29, 1.82) is 0 Å². The lowest BCUT2D eigenvalue weighted by atomic mass is 10.1. The monoisotopic (exact) mass is 283 g/mol. The number of nitro groups is 1. The standard InChI is InChI=1S/C15H13N3O3/c1-10-8-12-9-13(18(20)21)2-3-14(12)17(10)15(19)11-4-6-16-7-5-11/h2-7,9-10H,8H2,1H3/t10-/m0/s1. The quantitative estimate of drug-likeness (QED) is 0.627. The second-order valence-electron chi connectivity index (χ2n) is 5.03. The highest BCUT2D eigenvalue weighted by molar-refractivity contribution is 6.07. The highest BCUT2D eigenvalue weighted by Gasteiger charge is 2.32. The average Bonchev–Trinajstić information content (AvgIpc) is 2.82. The summed E-state index contributed by atoms with van der Waals surface area (Å²) in [6.45, 7) is 1.94. The fraction of sp³-hybridized carbons (Fsp3) is 0.200. The van der Waals surface area contributed by atoms with Crippen molar-refractivity contribution < 1.29 is 9.72 Å². The third-order valence-corrected chi connectivity index (χ3v) is 3.64. The van der Waals surface area contributed by atoms with E-state index >= 15 is 0 Å². The summed E-state index contributed by atoms with van der Waals surface area (Å²) in [4.78, 5) is 28.6. The molecule has 0 saturated heterocycles. The van der Waals surface area contributed by atoms with Gasteiger partial charge in [0.05, 0.1) is 4.92 Å². The minimum absolute atomic E-state index is 0.0253. The normalized spacial score (nSPS) is 16.6. The van der Waals surface area contributed by atoms with Crippen LogP contribution in [0, 0.1) is 10.1 Å². The number of amides is 1. The van der Waals surface area contributed by atoms with Gasteiger partial charge in [0.1, 0.15) is 0 Å². The maximum atomic E-state index is 12.6. The highest BCUT2D eigenvalue weighted by Crippen LogP contribution is 2.35. The molecule has 3 rings (SSSR count). The lowest BCUT2D eigenvalue weighted by Crippen LogP contribution is -2.35. The molecule has 106 valence electrons. The van der Waals surface area contributed by atoms with E-state index in [1.807, 2.05) is 6.92 Å². The predicted octanol–water partition coefficient (Wildman–Crippen LogP) is 2.58. The maximum Gasteiger partial charge on any atom is 0.269 e. The van der Waals surface area contributed by atoms with Gasteiger partial charge >= 0.3 is 0 Å². The summed E-state index contributed by atoms with van der Waals surface area (Å²) in [6, 6.07) is 7.94. The van der Waals surface area contributed by atoms with Crippen molar-refractivity contribution in [2.75, 3.05) is 4.90 Å². The van der Waals surface area contributed by atoms with Gasteiger partial charge in [0.2, 0.25) is 0 Å². The summed E-state index contributed by atoms with van der Waals surface area (Å²) >= 11 is 0. The third-order valence-electron chi connectivity index (χ3n) is 3.64. The molecule has 0 unspecified atom stereocenters. The number of carbonyl (C=O) groups excluding carboxylic acids is 1. The number of fused-ring (bicyclic) bond motifs is 1. The van der Waals surface area contributed by atoms with Crippen molar-refractivity contribution in [2.24, 2.45) is 0 Å². The van der Waals surface area contributed by atoms with Gasteiger partial charge in [-0.2, -0.15) is 0 Å². The minimum atomic E-state index is -0.418. The molecule has 0 aliphatic carbocycles. The number of pyridine rings is 1. The number of non-ortho nitro benzene ring substituents is 1. The SMILES string of the molecule is C[C@H]1Cc2cc([N+](=O)[O-])ccc2N1C(=O)c1ccncc1. The Morgan fingerprint density at radius 1 is 1.33 bits per heavy atom. The first-order valence-corrected chi connectivity index (χ1v) is 6.59. The Labute approximate surface area is 121 Å². The van der Waals surface area contributed by atoms with Gasteiger partial charge < -0.3 is 4.90 Å². The van der Waals surface area contributed by atoms with Gasteiger partial charge in [-0.15, -0.1) is 0 Å². The van der Waals surface area contributed by atoms with Gasteiger partial charge in [-0.1, -0.05) is 0 Å². The van der Waals surface area contributed by atoms with Crippen LogP contribution in [0.4, 0.5) is 11.4 Å². The number of hydrogen-bond donors (Lipinski definition) is 0. The Balaban J connectivity index is 1.99. The Hall–Kier alpha value is -2.76. The fourth-order valence-corrected chi connectivity index (χ4v) is 2.67. The molecule has 6 heteroatoms. The van der Waals surface area contributed by atoms with Gasteiger partial charge in [-0.25, -0.2) is 0 Å². The van der Waals surface area contributed by atoms with Crippen LogP contribution >= 0.6 is 0 Å². The maximum absolute atomic E-state index is 12.6. The number of aromatic nitrogens is 1. The van der Waals surface area contributed by atoms with E-state index in [-0.39, 0.29) is 17.6 Å². The minimum Gasteiger partial charge on any atom is -0.305 e. The molecular weight excluding hydrogens is 270 g/mol. The number of nitro benzene ring substituents is 1. The summed E-state index contributed by atoms with van der Waals surface area (Å²) in [5, 5.41) is 10.8. The van der Waals surface area contributed by atoms with Gasteiger partial charge in [0, 0.05) is 41.8 Å². The van der Waals surface area contributed by atoms with E-state index in [1.165, 1.54) is 6.07 Å². The predicted molar refractivity (Wildman–Crippen MR) is 77.3 cm³/mol. The molecular formula is C15H13N3O3. The molecule has 0 N–H and O–H groups in total. The molecule has 21 heavy (non-hydrogen) atoms. The molecule has 2 heterocycles. The van der Waals surface area contributed by atoms with Gasteiger partial charge in [0.25, 0.3) is 11.6 Å². The van der Waals surface area contributed by atoms with Crippen molar-refractivity contribution in [2.45, 2.75) is 19.4 Å². The van der Waals surface area contributed by atoms with Crippen LogP contribution in [-0.4, -0.2) is 21.9 Å². The molecule has 1 aliphatic rings. The second-order valence-corrected chi connectivity index (χ2v) is 5.03. The molecule has 6 nitrogen and oxygen atoms in total. The van der Waals surface area contributed by atoms with Crippen molar-refractivity contribution >= 4 is 17.3 Å². The van der Waals surface area contributed by atoms with Gasteiger partial charge in [-0.3, -0.25) is 19.9 Å². The summed E-state index contributed by atoms with van der Waals surface area (Å²) < 4.78 is 0. The molecule has 0 spiro atoms. The van der Waals surface area contributed by atoms with E-state index in [0.29, 0.717) is 12.0 Å². The van der Waals surface area contributed by atoms with Gasteiger partial charge in [-0.05, 0) is 37.1 Å². The summed E-state index contributed by atoms with van der Waals surface area (Å²) in [5.74, 6) is -0.113. The number of rotatable bonds is 2. The van der Waals surface area contributed by atoms with E-state index in [4.69, 9.17) is 0 Å². The molecule has 1 aromatic heterocycles. The Morgan fingerprint density at radius 2 is 2.05 bits per heavy atom.